The van der Waals surface area contributed by atoms with Gasteiger partial charge in [0.05, 0.1) is 5.71 Å². The van der Waals surface area contributed by atoms with Crippen LogP contribution in [0.1, 0.15) is 16.8 Å². The van der Waals surface area contributed by atoms with Crippen molar-refractivity contribution in [2.24, 2.45) is 0 Å². The monoisotopic (exact) mass is 308 g/mol. The first kappa shape index (κ1) is 14.7. The molecule has 0 atom stereocenters. The van der Waals surface area contributed by atoms with Gasteiger partial charge in [-0.1, -0.05) is 18.2 Å². The quantitative estimate of drug-likeness (QED) is 0.706. The molecule has 1 aromatic carbocycles. The minimum Gasteiger partial charge on any atom is -0.464 e. The summed E-state index contributed by atoms with van der Waals surface area (Å²) in [6.45, 7) is -0.451. The largest absolute Gasteiger partial charge is 0.464 e. The van der Waals surface area contributed by atoms with Crippen LogP contribution in [0.3, 0.4) is 0 Å². The Kier molecular flexibility index (Phi) is 4.02. The zero-order valence-corrected chi connectivity index (χ0v) is 12.1. The second-order valence-corrected chi connectivity index (χ2v) is 4.86. The van der Waals surface area contributed by atoms with Crippen molar-refractivity contribution in [2.75, 3.05) is 18.5 Å². The van der Waals surface area contributed by atoms with Gasteiger partial charge >= 0.3 is 0 Å². The molecule has 2 heterocycles. The fourth-order valence-electron chi connectivity index (χ4n) is 2.36. The van der Waals surface area contributed by atoms with Gasteiger partial charge < -0.3 is 9.73 Å². The maximum absolute atomic E-state index is 12.5. The SMILES string of the molecule is N#Cc1cc(NCCF)c(C(=N)c2coc3ccccc23)cn1. The second-order valence-electron chi connectivity index (χ2n) is 4.86. The van der Waals surface area contributed by atoms with Crippen molar-refractivity contribution >= 4 is 22.4 Å². The third kappa shape index (κ3) is 2.77. The lowest BCUT2D eigenvalue weighted by atomic mass is 10.0. The van der Waals surface area contributed by atoms with Gasteiger partial charge in [0, 0.05) is 34.9 Å². The molecule has 0 unspecified atom stereocenters. The highest BCUT2D eigenvalue weighted by atomic mass is 19.1. The summed E-state index contributed by atoms with van der Waals surface area (Å²) in [6.07, 6.45) is 2.97. The number of hydrogen-bond acceptors (Lipinski definition) is 5. The molecule has 0 aliphatic carbocycles. The Morgan fingerprint density at radius 3 is 2.96 bits per heavy atom. The summed E-state index contributed by atoms with van der Waals surface area (Å²) >= 11 is 0. The first-order valence-electron chi connectivity index (χ1n) is 7.00. The molecule has 0 aliphatic rings. The van der Waals surface area contributed by atoms with E-state index in [1.165, 1.54) is 18.5 Å². The fraction of sp³-hybridized carbons (Fsp3) is 0.118. The Morgan fingerprint density at radius 2 is 2.17 bits per heavy atom. The molecule has 0 bridgehead atoms. The molecule has 0 fully saturated rings. The van der Waals surface area contributed by atoms with Crippen LogP contribution >= 0.6 is 0 Å². The average Bonchev–Trinajstić information content (AvgIpc) is 3.03. The van der Waals surface area contributed by atoms with E-state index in [9.17, 15) is 4.39 Å². The summed E-state index contributed by atoms with van der Waals surface area (Å²) in [7, 11) is 0. The Bertz CT molecular complexity index is 910. The molecule has 0 radical (unpaired) electrons. The highest BCUT2D eigenvalue weighted by Crippen LogP contribution is 2.26. The summed E-state index contributed by atoms with van der Waals surface area (Å²) in [5.74, 6) is 0. The average molecular weight is 308 g/mol. The number of nitriles is 1. The summed E-state index contributed by atoms with van der Waals surface area (Å²) in [6, 6.07) is 10.9. The maximum atomic E-state index is 12.5. The van der Waals surface area contributed by atoms with Crippen LogP contribution in [0.15, 0.2) is 47.2 Å². The highest BCUT2D eigenvalue weighted by molar-refractivity contribution is 6.19. The van der Waals surface area contributed by atoms with Crippen molar-refractivity contribution in [3.05, 3.63) is 59.6 Å². The number of halogens is 1. The van der Waals surface area contributed by atoms with Crippen LogP contribution in [0.5, 0.6) is 0 Å². The van der Waals surface area contributed by atoms with E-state index in [-0.39, 0.29) is 18.0 Å². The van der Waals surface area contributed by atoms with E-state index in [4.69, 9.17) is 15.1 Å². The van der Waals surface area contributed by atoms with Crippen LogP contribution in [0.25, 0.3) is 11.0 Å². The maximum Gasteiger partial charge on any atom is 0.142 e. The summed E-state index contributed by atoms with van der Waals surface area (Å²) in [5.41, 5.74) is 2.71. The van der Waals surface area contributed by atoms with E-state index in [1.807, 2.05) is 30.3 Å². The minimum absolute atomic E-state index is 0.0985. The van der Waals surface area contributed by atoms with E-state index in [1.54, 1.807) is 0 Å². The van der Waals surface area contributed by atoms with Gasteiger partial charge in [-0.05, 0) is 12.1 Å². The molecule has 0 saturated carbocycles. The van der Waals surface area contributed by atoms with Gasteiger partial charge in [0.25, 0.3) is 0 Å². The normalized spacial score (nSPS) is 10.4. The molecule has 0 saturated heterocycles. The molecule has 3 rings (SSSR count). The summed E-state index contributed by atoms with van der Waals surface area (Å²) in [5, 5.41) is 21.1. The molecule has 6 heteroatoms. The number of anilines is 1. The number of benzene rings is 1. The molecule has 114 valence electrons. The van der Waals surface area contributed by atoms with E-state index < -0.39 is 6.67 Å². The van der Waals surface area contributed by atoms with Gasteiger partial charge in [-0.3, -0.25) is 5.41 Å². The molecule has 2 aromatic heterocycles. The number of furan rings is 1. The van der Waals surface area contributed by atoms with Crippen molar-refractivity contribution in [1.29, 1.82) is 10.7 Å². The molecular formula is C17H13FN4O. The second kappa shape index (κ2) is 6.28. The molecule has 5 nitrogen and oxygen atoms in total. The molecule has 0 spiro atoms. The first-order chi connectivity index (χ1) is 11.2. The van der Waals surface area contributed by atoms with Crippen LogP contribution in [-0.4, -0.2) is 23.9 Å². The van der Waals surface area contributed by atoms with Gasteiger partial charge in [0.15, 0.2) is 0 Å². The predicted octanol–water partition coefficient (Wildman–Crippen LogP) is 3.50. The zero-order valence-electron chi connectivity index (χ0n) is 12.1. The summed E-state index contributed by atoms with van der Waals surface area (Å²) < 4.78 is 17.9. The van der Waals surface area contributed by atoms with Gasteiger partial charge in [0.1, 0.15) is 30.3 Å². The van der Waals surface area contributed by atoms with Crippen molar-refractivity contribution < 1.29 is 8.81 Å². The molecule has 3 aromatic rings. The number of alkyl halides is 1. The lowest BCUT2D eigenvalue weighted by molar-refractivity contribution is 0.512. The van der Waals surface area contributed by atoms with Crippen LogP contribution in [0.4, 0.5) is 10.1 Å². The fourth-order valence-corrected chi connectivity index (χ4v) is 2.36. The third-order valence-corrected chi connectivity index (χ3v) is 3.45. The number of nitrogens with zero attached hydrogens (tertiary/aromatic N) is 2. The Labute approximate surface area is 131 Å². The van der Waals surface area contributed by atoms with Crippen molar-refractivity contribution in [1.82, 2.24) is 4.98 Å². The lowest BCUT2D eigenvalue weighted by Crippen LogP contribution is -2.11. The number of fused-ring (bicyclic) bond motifs is 1. The van der Waals surface area contributed by atoms with E-state index in [2.05, 4.69) is 10.3 Å². The Balaban J connectivity index is 2.06. The van der Waals surface area contributed by atoms with Crippen molar-refractivity contribution in [3.63, 3.8) is 0 Å². The minimum atomic E-state index is -0.550. The van der Waals surface area contributed by atoms with Gasteiger partial charge in [0.2, 0.25) is 0 Å². The van der Waals surface area contributed by atoms with Gasteiger partial charge in [-0.25, -0.2) is 9.37 Å². The van der Waals surface area contributed by atoms with E-state index in [0.29, 0.717) is 22.4 Å². The smallest absolute Gasteiger partial charge is 0.142 e. The van der Waals surface area contributed by atoms with E-state index >= 15 is 0 Å². The van der Waals surface area contributed by atoms with Crippen molar-refractivity contribution in [3.8, 4) is 6.07 Å². The number of pyridine rings is 1. The highest BCUT2D eigenvalue weighted by Gasteiger charge is 2.16. The van der Waals surface area contributed by atoms with Crippen LogP contribution in [0.2, 0.25) is 0 Å². The van der Waals surface area contributed by atoms with Gasteiger partial charge in [-0.2, -0.15) is 5.26 Å². The standard InChI is InChI=1S/C17H13FN4O/c18-5-6-21-15-7-11(8-19)22-9-13(15)17(20)14-10-23-16-4-2-1-3-12(14)16/h1-4,7,9-10,20H,5-6H2,(H,21,22). The first-order valence-corrected chi connectivity index (χ1v) is 7.00. The third-order valence-electron chi connectivity index (χ3n) is 3.45. The number of hydrogen-bond donors (Lipinski definition) is 2. The Morgan fingerprint density at radius 1 is 1.35 bits per heavy atom. The van der Waals surface area contributed by atoms with Crippen molar-refractivity contribution in [2.45, 2.75) is 0 Å². The molecule has 0 amide bonds. The number of rotatable bonds is 5. The molecule has 23 heavy (non-hydrogen) atoms. The molecule has 0 aliphatic heterocycles. The number of aromatic nitrogens is 1. The summed E-state index contributed by atoms with van der Waals surface area (Å²) in [4.78, 5) is 4.01. The van der Waals surface area contributed by atoms with E-state index in [0.717, 1.165) is 5.39 Å². The number of para-hydroxylation sites is 1. The topological polar surface area (TPSA) is 85.7 Å². The number of nitrogens with one attached hydrogen (secondary N) is 2. The predicted molar refractivity (Wildman–Crippen MR) is 85.6 cm³/mol. The zero-order chi connectivity index (χ0) is 16.2. The Hall–Kier alpha value is -3.20. The van der Waals surface area contributed by atoms with Crippen LogP contribution in [0, 0.1) is 16.7 Å². The van der Waals surface area contributed by atoms with Gasteiger partial charge in [-0.15, -0.1) is 0 Å². The van der Waals surface area contributed by atoms with Crippen LogP contribution in [-0.2, 0) is 0 Å². The molecular weight excluding hydrogens is 295 g/mol. The molecule has 2 N–H and O–H groups in total. The lowest BCUT2D eigenvalue weighted by Gasteiger charge is -2.11. The van der Waals surface area contributed by atoms with Crippen LogP contribution < -0.4 is 5.32 Å².